The van der Waals surface area contributed by atoms with Gasteiger partial charge in [0.25, 0.3) is 0 Å². The summed E-state index contributed by atoms with van der Waals surface area (Å²) in [5.74, 6) is -3.21. The number of carboxylic acids is 2. The van der Waals surface area contributed by atoms with Crippen molar-refractivity contribution in [3.8, 4) is 0 Å². The Labute approximate surface area is 98.3 Å². The van der Waals surface area contributed by atoms with Gasteiger partial charge in [-0.25, -0.2) is 4.79 Å². The van der Waals surface area contributed by atoms with Crippen LogP contribution < -0.4 is 11.1 Å². The van der Waals surface area contributed by atoms with Crippen molar-refractivity contribution >= 4 is 17.8 Å². The lowest BCUT2D eigenvalue weighted by molar-refractivity contribution is -0.146. The van der Waals surface area contributed by atoms with E-state index in [9.17, 15) is 14.4 Å². The van der Waals surface area contributed by atoms with Crippen LogP contribution in [0, 0.1) is 0 Å². The zero-order valence-corrected chi connectivity index (χ0v) is 9.47. The molecule has 0 aliphatic carbocycles. The summed E-state index contributed by atoms with van der Waals surface area (Å²) in [4.78, 5) is 32.9. The van der Waals surface area contributed by atoms with E-state index in [1.54, 1.807) is 0 Å². The average molecular weight is 244 g/mol. The van der Waals surface area contributed by atoms with Crippen LogP contribution >= 0.6 is 0 Å². The Kier molecular flexibility index (Phi) is 5.33. The molecule has 0 saturated heterocycles. The van der Waals surface area contributed by atoms with E-state index in [0.29, 0.717) is 0 Å². The topological polar surface area (TPSA) is 130 Å². The smallest absolute Gasteiger partial charge is 0.333 e. The molecule has 17 heavy (non-hydrogen) atoms. The number of carboxylic acid groups (broad SMARTS) is 2. The number of aliphatic carboxylic acids is 2. The summed E-state index contributed by atoms with van der Waals surface area (Å²) in [5.41, 5.74) is 3.50. The van der Waals surface area contributed by atoms with Crippen molar-refractivity contribution in [2.75, 3.05) is 0 Å². The number of nitrogens with two attached hydrogens (primary N) is 1. The van der Waals surface area contributed by atoms with Gasteiger partial charge in [-0.3, -0.25) is 9.59 Å². The average Bonchev–Trinajstić information content (AvgIpc) is 2.23. The number of amides is 1. The lowest BCUT2D eigenvalue weighted by atomic mass is 9.93. The molecule has 0 heterocycles. The minimum absolute atomic E-state index is 0.292. The van der Waals surface area contributed by atoms with Crippen LogP contribution in [0.2, 0.25) is 0 Å². The molecule has 0 aromatic carbocycles. The second-order valence-electron chi connectivity index (χ2n) is 3.65. The quantitative estimate of drug-likeness (QED) is 0.439. The van der Waals surface area contributed by atoms with Crippen LogP contribution in [0.15, 0.2) is 12.7 Å². The highest BCUT2D eigenvalue weighted by molar-refractivity contribution is 5.91. The van der Waals surface area contributed by atoms with Gasteiger partial charge >= 0.3 is 11.9 Å². The Morgan fingerprint density at radius 1 is 1.47 bits per heavy atom. The molecular formula is C10H16N2O5. The number of hydrogen-bond donors (Lipinski definition) is 4. The Morgan fingerprint density at radius 3 is 2.29 bits per heavy atom. The van der Waals surface area contributed by atoms with E-state index in [2.05, 4.69) is 11.9 Å². The van der Waals surface area contributed by atoms with Gasteiger partial charge in [0.15, 0.2) is 5.54 Å². The van der Waals surface area contributed by atoms with Gasteiger partial charge in [-0.2, -0.15) is 0 Å². The van der Waals surface area contributed by atoms with Crippen LogP contribution in [-0.4, -0.2) is 39.6 Å². The fourth-order valence-corrected chi connectivity index (χ4v) is 1.10. The van der Waals surface area contributed by atoms with Crippen LogP contribution in [0.3, 0.4) is 0 Å². The molecule has 96 valence electrons. The van der Waals surface area contributed by atoms with E-state index in [-0.39, 0.29) is 6.42 Å². The summed E-state index contributed by atoms with van der Waals surface area (Å²) < 4.78 is 0. The predicted octanol–water partition coefficient (Wildman–Crippen LogP) is -0.676. The number of nitrogens with one attached hydrogen (secondary N) is 1. The summed E-state index contributed by atoms with van der Waals surface area (Å²) in [5, 5.41) is 19.8. The highest BCUT2D eigenvalue weighted by Gasteiger charge is 2.37. The van der Waals surface area contributed by atoms with Crippen molar-refractivity contribution < 1.29 is 24.6 Å². The first-order valence-electron chi connectivity index (χ1n) is 4.91. The predicted molar refractivity (Wildman–Crippen MR) is 59.2 cm³/mol. The van der Waals surface area contributed by atoms with Crippen molar-refractivity contribution in [3.05, 3.63) is 12.7 Å². The van der Waals surface area contributed by atoms with Gasteiger partial charge < -0.3 is 21.3 Å². The van der Waals surface area contributed by atoms with Gasteiger partial charge in [0.1, 0.15) is 0 Å². The molecule has 0 spiro atoms. The molecular weight excluding hydrogens is 228 g/mol. The Balaban J connectivity index is 4.95. The Hall–Kier alpha value is -1.89. The second kappa shape index (κ2) is 6.00. The zero-order valence-electron chi connectivity index (χ0n) is 9.47. The summed E-state index contributed by atoms with van der Waals surface area (Å²) >= 11 is 0. The van der Waals surface area contributed by atoms with Gasteiger partial charge in [0, 0.05) is 6.42 Å². The highest BCUT2D eigenvalue weighted by atomic mass is 16.4. The molecule has 2 unspecified atom stereocenters. The third kappa shape index (κ3) is 4.23. The first kappa shape index (κ1) is 15.1. The molecule has 0 aromatic heterocycles. The normalized spacial score (nSPS) is 15.4. The molecule has 2 atom stereocenters. The molecule has 5 N–H and O–H groups in total. The lowest BCUT2D eigenvalue weighted by Gasteiger charge is -2.27. The van der Waals surface area contributed by atoms with Crippen LogP contribution in [0.4, 0.5) is 0 Å². The number of rotatable bonds is 7. The molecule has 0 aromatic rings. The molecule has 0 radical (unpaired) electrons. The summed E-state index contributed by atoms with van der Waals surface area (Å²) in [6.07, 6.45) is 0.301. The maximum atomic E-state index is 11.4. The van der Waals surface area contributed by atoms with E-state index >= 15 is 0 Å². The summed E-state index contributed by atoms with van der Waals surface area (Å²) in [6.45, 7) is 4.71. The minimum atomic E-state index is -1.80. The SMILES string of the molecule is C=CC(CCC(=O)O)(NC(=O)C(C)N)C(=O)O. The monoisotopic (exact) mass is 244 g/mol. The van der Waals surface area contributed by atoms with Crippen LogP contribution in [0.25, 0.3) is 0 Å². The largest absolute Gasteiger partial charge is 0.481 e. The van der Waals surface area contributed by atoms with Gasteiger partial charge in [-0.1, -0.05) is 6.08 Å². The van der Waals surface area contributed by atoms with Crippen LogP contribution in [-0.2, 0) is 14.4 Å². The van der Waals surface area contributed by atoms with E-state index < -0.39 is 35.8 Å². The van der Waals surface area contributed by atoms with E-state index in [1.807, 2.05) is 0 Å². The fourth-order valence-electron chi connectivity index (χ4n) is 1.10. The van der Waals surface area contributed by atoms with Gasteiger partial charge in [0.05, 0.1) is 6.04 Å². The van der Waals surface area contributed by atoms with Crippen molar-refractivity contribution in [1.82, 2.24) is 5.32 Å². The number of carbonyl (C=O) groups excluding carboxylic acids is 1. The standard InChI is InChI=1S/C10H16N2O5/c1-3-10(9(16)17,5-4-7(13)14)12-8(15)6(2)11/h3,6H,1,4-5,11H2,2H3,(H,12,15)(H,13,14)(H,16,17). The van der Waals surface area contributed by atoms with Crippen LogP contribution in [0.1, 0.15) is 19.8 Å². The van der Waals surface area contributed by atoms with Crippen molar-refractivity contribution in [3.63, 3.8) is 0 Å². The molecule has 0 saturated carbocycles. The third-order valence-corrected chi connectivity index (χ3v) is 2.22. The first-order chi connectivity index (χ1) is 7.75. The second-order valence-corrected chi connectivity index (χ2v) is 3.65. The van der Waals surface area contributed by atoms with E-state index in [1.165, 1.54) is 6.92 Å². The first-order valence-corrected chi connectivity index (χ1v) is 4.91. The number of carbonyl (C=O) groups is 3. The molecule has 0 aliphatic rings. The van der Waals surface area contributed by atoms with Crippen molar-refractivity contribution in [1.29, 1.82) is 0 Å². The third-order valence-electron chi connectivity index (χ3n) is 2.22. The zero-order chi connectivity index (χ0) is 13.6. The molecule has 1 amide bonds. The highest BCUT2D eigenvalue weighted by Crippen LogP contribution is 2.15. The maximum absolute atomic E-state index is 11.4. The summed E-state index contributed by atoms with van der Waals surface area (Å²) in [6, 6.07) is -0.890. The van der Waals surface area contributed by atoms with Gasteiger partial charge in [0.2, 0.25) is 5.91 Å². The molecule has 7 nitrogen and oxygen atoms in total. The Bertz CT molecular complexity index is 340. The minimum Gasteiger partial charge on any atom is -0.481 e. The Morgan fingerprint density at radius 2 is 2.00 bits per heavy atom. The van der Waals surface area contributed by atoms with E-state index in [4.69, 9.17) is 15.9 Å². The van der Waals surface area contributed by atoms with Crippen molar-refractivity contribution in [2.45, 2.75) is 31.3 Å². The summed E-state index contributed by atoms with van der Waals surface area (Å²) in [7, 11) is 0. The number of hydrogen-bond acceptors (Lipinski definition) is 4. The maximum Gasteiger partial charge on any atom is 0.333 e. The molecule has 7 heteroatoms. The van der Waals surface area contributed by atoms with E-state index in [0.717, 1.165) is 6.08 Å². The molecule has 0 bridgehead atoms. The molecule has 0 aliphatic heterocycles. The van der Waals surface area contributed by atoms with Crippen LogP contribution in [0.5, 0.6) is 0 Å². The molecule has 0 fully saturated rings. The lowest BCUT2D eigenvalue weighted by Crippen LogP contribution is -2.56. The van der Waals surface area contributed by atoms with Gasteiger partial charge in [-0.15, -0.1) is 6.58 Å². The van der Waals surface area contributed by atoms with Crippen molar-refractivity contribution in [2.24, 2.45) is 5.73 Å². The van der Waals surface area contributed by atoms with Gasteiger partial charge in [-0.05, 0) is 13.3 Å². The molecule has 0 rings (SSSR count). The fraction of sp³-hybridized carbons (Fsp3) is 0.500.